The minimum absolute atomic E-state index is 0.0787. The Labute approximate surface area is 235 Å². The van der Waals surface area contributed by atoms with E-state index in [4.69, 9.17) is 9.47 Å². The number of ether oxygens (including phenoxy) is 2. The average molecular weight is 561 g/mol. The van der Waals surface area contributed by atoms with Gasteiger partial charge in [-0.2, -0.15) is 0 Å². The molecule has 4 aromatic rings. The molecule has 0 aliphatic heterocycles. The lowest BCUT2D eigenvalue weighted by Crippen LogP contribution is -2.19. The molecule has 11 heteroatoms. The van der Waals surface area contributed by atoms with Gasteiger partial charge in [-0.3, -0.25) is 25.0 Å². The number of anilines is 2. The number of nitrogens with one attached hydrogen (secondary N) is 2. The molecule has 1 atom stereocenters. The monoisotopic (exact) mass is 560 g/mol. The van der Waals surface area contributed by atoms with Crippen LogP contribution in [0, 0.1) is 10.1 Å². The third kappa shape index (κ3) is 7.95. The first-order valence-corrected chi connectivity index (χ1v) is 13.3. The zero-order valence-corrected chi connectivity index (χ0v) is 22.8. The molecule has 0 saturated carbocycles. The van der Waals surface area contributed by atoms with Gasteiger partial charge in [0, 0.05) is 47.6 Å². The standard InChI is InChI=1S/C29H28N4O6S/c1-19(18-38-2)39-26-16-21(14-23(17-26)28(35)32-29-30-12-13-40-29)7-6-20-4-3-5-24(15-20)31-27(34)22-8-10-25(11-9-22)33(36)37/h3-5,8-17,19H,6-7,18H2,1-2H3,(H,31,34)(H,30,32,35)/t19-/m0/s1. The number of carbonyl (C=O) groups is 2. The third-order valence-corrected chi connectivity index (χ3v) is 6.54. The number of nitro benzene ring substituents is 1. The number of methoxy groups -OCH3 is 1. The lowest BCUT2D eigenvalue weighted by Gasteiger charge is -2.16. The predicted molar refractivity (Wildman–Crippen MR) is 153 cm³/mol. The van der Waals surface area contributed by atoms with E-state index in [2.05, 4.69) is 15.6 Å². The van der Waals surface area contributed by atoms with Gasteiger partial charge in [-0.1, -0.05) is 12.1 Å². The summed E-state index contributed by atoms with van der Waals surface area (Å²) >= 11 is 1.34. The van der Waals surface area contributed by atoms with Crippen LogP contribution in [0.5, 0.6) is 5.75 Å². The van der Waals surface area contributed by atoms with Crippen LogP contribution in [0.3, 0.4) is 0 Å². The smallest absolute Gasteiger partial charge is 0.269 e. The molecule has 4 rings (SSSR count). The fourth-order valence-corrected chi connectivity index (χ4v) is 4.51. The summed E-state index contributed by atoms with van der Waals surface area (Å²) in [5, 5.41) is 18.8. The zero-order chi connectivity index (χ0) is 28.5. The fourth-order valence-electron chi connectivity index (χ4n) is 3.99. The maximum absolute atomic E-state index is 12.9. The second-order valence-electron chi connectivity index (χ2n) is 9.00. The SMILES string of the molecule is COC[C@H](C)Oc1cc(CCc2cccc(NC(=O)c3ccc([N+](=O)[O-])cc3)c2)cc(C(=O)Nc2nccs2)c1. The van der Waals surface area contributed by atoms with Gasteiger partial charge in [-0.15, -0.1) is 11.3 Å². The average Bonchev–Trinajstić information content (AvgIpc) is 3.45. The van der Waals surface area contributed by atoms with E-state index >= 15 is 0 Å². The van der Waals surface area contributed by atoms with Crippen molar-refractivity contribution in [2.24, 2.45) is 0 Å². The summed E-state index contributed by atoms with van der Waals surface area (Å²) in [6.07, 6.45) is 2.69. The van der Waals surface area contributed by atoms with Crippen molar-refractivity contribution >= 4 is 39.7 Å². The Hall–Kier alpha value is -4.61. The maximum Gasteiger partial charge on any atom is 0.269 e. The Morgan fingerprint density at radius 3 is 2.42 bits per heavy atom. The van der Waals surface area contributed by atoms with Crippen molar-refractivity contribution < 1.29 is 24.0 Å². The lowest BCUT2D eigenvalue weighted by molar-refractivity contribution is -0.384. The number of carbonyl (C=O) groups excluding carboxylic acids is 2. The number of nitrogens with zero attached hydrogens (tertiary/aromatic N) is 2. The van der Waals surface area contributed by atoms with Crippen molar-refractivity contribution in [1.82, 2.24) is 4.98 Å². The molecule has 0 spiro atoms. The first-order chi connectivity index (χ1) is 19.3. The van der Waals surface area contributed by atoms with Crippen LogP contribution in [0.4, 0.5) is 16.5 Å². The second kappa shape index (κ2) is 13.5. The molecule has 0 aliphatic carbocycles. The quantitative estimate of drug-likeness (QED) is 0.166. The van der Waals surface area contributed by atoms with Crippen molar-refractivity contribution in [2.75, 3.05) is 24.4 Å². The van der Waals surface area contributed by atoms with Crippen LogP contribution in [0.1, 0.15) is 38.8 Å². The number of thiazole rings is 1. The number of amides is 2. The molecule has 206 valence electrons. The lowest BCUT2D eigenvalue weighted by atomic mass is 10.0. The molecule has 0 saturated heterocycles. The van der Waals surface area contributed by atoms with Crippen LogP contribution in [0.2, 0.25) is 0 Å². The molecule has 10 nitrogen and oxygen atoms in total. The fraction of sp³-hybridized carbons (Fsp3) is 0.207. The van der Waals surface area contributed by atoms with Crippen molar-refractivity contribution in [2.45, 2.75) is 25.9 Å². The Bertz CT molecular complexity index is 1470. The molecular formula is C29H28N4O6S. The van der Waals surface area contributed by atoms with Crippen LogP contribution < -0.4 is 15.4 Å². The molecule has 0 aliphatic rings. The van der Waals surface area contributed by atoms with Crippen LogP contribution in [-0.2, 0) is 17.6 Å². The zero-order valence-electron chi connectivity index (χ0n) is 22.0. The molecule has 3 aromatic carbocycles. The van der Waals surface area contributed by atoms with Gasteiger partial charge in [0.1, 0.15) is 11.9 Å². The molecule has 1 aromatic heterocycles. The van der Waals surface area contributed by atoms with E-state index in [0.29, 0.717) is 47.1 Å². The Balaban J connectivity index is 1.46. The van der Waals surface area contributed by atoms with Crippen LogP contribution in [0.25, 0.3) is 0 Å². The van der Waals surface area contributed by atoms with Crippen molar-refractivity contribution in [3.8, 4) is 5.75 Å². The topological polar surface area (TPSA) is 133 Å². The number of aryl methyl sites for hydroxylation is 2. The van der Waals surface area contributed by atoms with Gasteiger partial charge in [0.25, 0.3) is 17.5 Å². The van der Waals surface area contributed by atoms with Crippen molar-refractivity contribution in [1.29, 1.82) is 0 Å². The number of hydrogen-bond donors (Lipinski definition) is 2. The van der Waals surface area contributed by atoms with Gasteiger partial charge < -0.3 is 14.8 Å². The first kappa shape index (κ1) is 28.4. The van der Waals surface area contributed by atoms with E-state index in [0.717, 1.165) is 11.1 Å². The molecule has 0 radical (unpaired) electrons. The molecule has 2 amide bonds. The molecule has 2 N–H and O–H groups in total. The van der Waals surface area contributed by atoms with Gasteiger partial charge in [0.2, 0.25) is 0 Å². The summed E-state index contributed by atoms with van der Waals surface area (Å²) in [4.78, 5) is 40.0. The van der Waals surface area contributed by atoms with Gasteiger partial charge in [-0.25, -0.2) is 4.98 Å². The van der Waals surface area contributed by atoms with E-state index in [1.807, 2.05) is 37.3 Å². The van der Waals surface area contributed by atoms with E-state index in [1.165, 1.54) is 35.6 Å². The molecule has 0 fully saturated rings. The summed E-state index contributed by atoms with van der Waals surface area (Å²) in [7, 11) is 1.60. The summed E-state index contributed by atoms with van der Waals surface area (Å²) in [5.74, 6) is -0.0783. The highest BCUT2D eigenvalue weighted by atomic mass is 32.1. The Morgan fingerprint density at radius 1 is 0.975 bits per heavy atom. The summed E-state index contributed by atoms with van der Waals surface area (Å²) in [5.41, 5.74) is 3.19. The number of benzene rings is 3. The van der Waals surface area contributed by atoms with Crippen LogP contribution >= 0.6 is 11.3 Å². The van der Waals surface area contributed by atoms with Crippen molar-refractivity contribution in [3.05, 3.63) is 111 Å². The molecule has 0 bridgehead atoms. The second-order valence-corrected chi connectivity index (χ2v) is 9.89. The number of rotatable bonds is 12. The largest absolute Gasteiger partial charge is 0.488 e. The van der Waals surface area contributed by atoms with Crippen LogP contribution in [0.15, 0.2) is 78.3 Å². The number of nitro groups is 1. The molecule has 1 heterocycles. The summed E-state index contributed by atoms with van der Waals surface area (Å²) in [6.45, 7) is 2.30. The first-order valence-electron chi connectivity index (χ1n) is 12.5. The Morgan fingerprint density at radius 2 is 1.73 bits per heavy atom. The maximum atomic E-state index is 12.9. The Kier molecular flexibility index (Phi) is 9.55. The number of hydrogen-bond acceptors (Lipinski definition) is 8. The minimum atomic E-state index is -0.510. The number of aromatic nitrogens is 1. The predicted octanol–water partition coefficient (Wildman–Crippen LogP) is 5.75. The van der Waals surface area contributed by atoms with Gasteiger partial charge in [0.15, 0.2) is 5.13 Å². The normalized spacial score (nSPS) is 11.4. The van der Waals surface area contributed by atoms with E-state index in [1.54, 1.807) is 30.8 Å². The van der Waals surface area contributed by atoms with Crippen LogP contribution in [-0.4, -0.2) is 41.5 Å². The van der Waals surface area contributed by atoms with E-state index < -0.39 is 4.92 Å². The van der Waals surface area contributed by atoms with Gasteiger partial charge in [-0.05, 0) is 73.4 Å². The van der Waals surface area contributed by atoms with Gasteiger partial charge in [0.05, 0.1) is 11.5 Å². The third-order valence-electron chi connectivity index (χ3n) is 5.85. The summed E-state index contributed by atoms with van der Waals surface area (Å²) < 4.78 is 11.2. The summed E-state index contributed by atoms with van der Waals surface area (Å²) in [6, 6.07) is 18.3. The highest BCUT2D eigenvalue weighted by Crippen LogP contribution is 2.23. The van der Waals surface area contributed by atoms with E-state index in [9.17, 15) is 19.7 Å². The minimum Gasteiger partial charge on any atom is -0.488 e. The molecule has 0 unspecified atom stereocenters. The highest BCUT2D eigenvalue weighted by molar-refractivity contribution is 7.13. The van der Waals surface area contributed by atoms with Gasteiger partial charge >= 0.3 is 0 Å². The highest BCUT2D eigenvalue weighted by Gasteiger charge is 2.14. The number of non-ortho nitro benzene ring substituents is 1. The van der Waals surface area contributed by atoms with E-state index in [-0.39, 0.29) is 23.6 Å². The van der Waals surface area contributed by atoms with Crippen molar-refractivity contribution in [3.63, 3.8) is 0 Å². The molecular weight excluding hydrogens is 532 g/mol. The molecule has 40 heavy (non-hydrogen) atoms.